The first-order valence-electron chi connectivity index (χ1n) is 10.4. The van der Waals surface area contributed by atoms with Crippen molar-refractivity contribution in [1.29, 1.82) is 5.26 Å². The largest absolute Gasteiger partial charge is 0.493 e. The fourth-order valence-corrected chi connectivity index (χ4v) is 3.68. The number of benzene rings is 2. The third-order valence-electron chi connectivity index (χ3n) is 4.41. The molecule has 0 atom stereocenters. The van der Waals surface area contributed by atoms with E-state index < -0.39 is 5.91 Å². The number of aromatic nitrogens is 1. The Hall–Kier alpha value is -3.83. The molecule has 1 N–H and O–H groups in total. The highest BCUT2D eigenvalue weighted by atomic mass is 32.1. The first kappa shape index (κ1) is 23.8. The van der Waals surface area contributed by atoms with Gasteiger partial charge in [-0.25, -0.2) is 4.98 Å². The van der Waals surface area contributed by atoms with E-state index in [4.69, 9.17) is 14.2 Å². The third kappa shape index (κ3) is 6.34. The van der Waals surface area contributed by atoms with E-state index in [0.29, 0.717) is 28.8 Å². The summed E-state index contributed by atoms with van der Waals surface area (Å²) in [6, 6.07) is 14.8. The van der Waals surface area contributed by atoms with Crippen LogP contribution in [0.2, 0.25) is 0 Å². The number of anilines is 1. The van der Waals surface area contributed by atoms with E-state index in [1.807, 2.05) is 56.5 Å². The average molecular weight is 464 g/mol. The summed E-state index contributed by atoms with van der Waals surface area (Å²) in [5.74, 6) is 1.37. The van der Waals surface area contributed by atoms with Gasteiger partial charge in [0.25, 0.3) is 5.91 Å². The quantitative estimate of drug-likeness (QED) is 0.330. The van der Waals surface area contributed by atoms with Gasteiger partial charge in [0.05, 0.1) is 25.5 Å². The lowest BCUT2D eigenvalue weighted by atomic mass is 10.1. The Morgan fingerprint density at radius 1 is 1.21 bits per heavy atom. The van der Waals surface area contributed by atoms with Crippen LogP contribution in [0.25, 0.3) is 17.3 Å². The molecule has 1 aromatic heterocycles. The fraction of sp³-hybridized carbons (Fsp3) is 0.240. The molecule has 0 aliphatic heterocycles. The average Bonchev–Trinajstić information content (AvgIpc) is 3.26. The third-order valence-corrected chi connectivity index (χ3v) is 5.17. The minimum atomic E-state index is -0.535. The second-order valence-corrected chi connectivity index (χ2v) is 8.05. The molecule has 8 heteroatoms. The first-order chi connectivity index (χ1) is 15.9. The summed E-state index contributed by atoms with van der Waals surface area (Å²) in [5, 5.41) is 14.5. The van der Waals surface area contributed by atoms with Gasteiger partial charge >= 0.3 is 0 Å². The lowest BCUT2D eigenvalue weighted by molar-refractivity contribution is -0.112. The Balaban J connectivity index is 1.73. The van der Waals surface area contributed by atoms with Crippen LogP contribution in [0.15, 0.2) is 53.4 Å². The second kappa shape index (κ2) is 11.2. The summed E-state index contributed by atoms with van der Waals surface area (Å²) in [5.41, 5.74) is 2.23. The lowest BCUT2D eigenvalue weighted by Crippen LogP contribution is -2.13. The summed E-state index contributed by atoms with van der Waals surface area (Å²) in [6.45, 7) is 6.33. The lowest BCUT2D eigenvalue weighted by Gasteiger charge is -2.09. The maximum absolute atomic E-state index is 12.7. The number of methoxy groups -OCH3 is 1. The SMILES string of the molecule is CCOc1ccc(/C=C(\C#N)C(=O)Nc2nc(-c3ccc(OC(C)C)cc3)cs2)cc1OC. The fourth-order valence-electron chi connectivity index (χ4n) is 2.97. The molecule has 0 unspecified atom stereocenters. The molecular weight excluding hydrogens is 438 g/mol. The van der Waals surface area contributed by atoms with Crippen LogP contribution in [0.5, 0.6) is 17.2 Å². The molecule has 3 aromatic rings. The molecule has 0 spiro atoms. The monoisotopic (exact) mass is 463 g/mol. The number of hydrogen-bond acceptors (Lipinski definition) is 7. The van der Waals surface area contributed by atoms with E-state index in [0.717, 1.165) is 17.0 Å². The molecule has 0 aliphatic rings. The van der Waals surface area contributed by atoms with Gasteiger partial charge in [0.2, 0.25) is 0 Å². The topological polar surface area (TPSA) is 93.5 Å². The van der Waals surface area contributed by atoms with Crippen molar-refractivity contribution in [2.45, 2.75) is 26.9 Å². The van der Waals surface area contributed by atoms with E-state index >= 15 is 0 Å². The number of nitrogens with zero attached hydrogens (tertiary/aromatic N) is 2. The molecule has 1 amide bonds. The number of nitrogens with one attached hydrogen (secondary N) is 1. The highest BCUT2D eigenvalue weighted by molar-refractivity contribution is 7.14. The Morgan fingerprint density at radius 2 is 1.97 bits per heavy atom. The van der Waals surface area contributed by atoms with Crippen LogP contribution >= 0.6 is 11.3 Å². The molecule has 0 aliphatic carbocycles. The number of rotatable bonds is 9. The predicted octanol–water partition coefficient (Wildman–Crippen LogP) is 5.55. The molecule has 0 fully saturated rings. The van der Waals surface area contributed by atoms with Gasteiger partial charge in [0.1, 0.15) is 17.4 Å². The molecule has 7 nitrogen and oxygen atoms in total. The van der Waals surface area contributed by atoms with E-state index in [9.17, 15) is 10.1 Å². The Kier molecular flexibility index (Phi) is 8.06. The highest BCUT2D eigenvalue weighted by Crippen LogP contribution is 2.30. The number of amides is 1. The van der Waals surface area contributed by atoms with Gasteiger partial charge in [0, 0.05) is 10.9 Å². The number of carbonyl (C=O) groups excluding carboxylic acids is 1. The molecule has 0 radical (unpaired) electrons. The van der Waals surface area contributed by atoms with Gasteiger partial charge in [0.15, 0.2) is 16.6 Å². The van der Waals surface area contributed by atoms with Crippen LogP contribution in [0.3, 0.4) is 0 Å². The Bertz CT molecular complexity index is 1180. The summed E-state index contributed by atoms with van der Waals surface area (Å²) < 4.78 is 16.5. The zero-order chi connectivity index (χ0) is 23.8. The van der Waals surface area contributed by atoms with Gasteiger partial charge in [-0.2, -0.15) is 5.26 Å². The zero-order valence-electron chi connectivity index (χ0n) is 18.9. The molecule has 1 heterocycles. The van der Waals surface area contributed by atoms with Crippen LogP contribution in [0, 0.1) is 11.3 Å². The smallest absolute Gasteiger partial charge is 0.268 e. The van der Waals surface area contributed by atoms with E-state index in [1.165, 1.54) is 24.5 Å². The van der Waals surface area contributed by atoms with Crippen LogP contribution in [-0.4, -0.2) is 30.7 Å². The molecule has 0 bridgehead atoms. The molecule has 2 aromatic carbocycles. The minimum absolute atomic E-state index is 0.0480. The van der Waals surface area contributed by atoms with Gasteiger partial charge in [-0.3, -0.25) is 10.1 Å². The Morgan fingerprint density at radius 3 is 2.61 bits per heavy atom. The maximum atomic E-state index is 12.7. The number of hydrogen-bond donors (Lipinski definition) is 1. The molecule has 3 rings (SSSR count). The van der Waals surface area contributed by atoms with Gasteiger partial charge < -0.3 is 14.2 Å². The number of nitriles is 1. The standard InChI is InChI=1S/C25H25N3O4S/c1-5-31-22-11-6-17(13-23(22)30-4)12-19(14-26)24(29)28-25-27-21(15-33-25)18-7-9-20(10-8-18)32-16(2)3/h6-13,15-16H,5H2,1-4H3,(H,27,28,29)/b19-12+. The molecule has 0 saturated carbocycles. The second-order valence-electron chi connectivity index (χ2n) is 7.20. The van der Waals surface area contributed by atoms with Crippen molar-refractivity contribution in [1.82, 2.24) is 4.98 Å². The summed E-state index contributed by atoms with van der Waals surface area (Å²) in [7, 11) is 1.54. The van der Waals surface area contributed by atoms with Crippen molar-refractivity contribution >= 4 is 28.5 Å². The minimum Gasteiger partial charge on any atom is -0.493 e. The van der Waals surface area contributed by atoms with Gasteiger partial charge in [-0.15, -0.1) is 11.3 Å². The maximum Gasteiger partial charge on any atom is 0.268 e. The molecule has 170 valence electrons. The normalized spacial score (nSPS) is 11.1. The van der Waals surface area contributed by atoms with E-state index in [2.05, 4.69) is 10.3 Å². The highest BCUT2D eigenvalue weighted by Gasteiger charge is 2.14. The van der Waals surface area contributed by atoms with Crippen LogP contribution < -0.4 is 19.5 Å². The van der Waals surface area contributed by atoms with Crippen molar-refractivity contribution in [3.8, 4) is 34.6 Å². The predicted molar refractivity (Wildman–Crippen MR) is 130 cm³/mol. The van der Waals surface area contributed by atoms with Crippen LogP contribution in [0.1, 0.15) is 26.3 Å². The van der Waals surface area contributed by atoms with Gasteiger partial charge in [-0.05, 0) is 68.8 Å². The number of thiazole rings is 1. The Labute approximate surface area is 197 Å². The van der Waals surface area contributed by atoms with Gasteiger partial charge in [-0.1, -0.05) is 6.07 Å². The van der Waals surface area contributed by atoms with Crippen molar-refractivity contribution in [2.24, 2.45) is 0 Å². The van der Waals surface area contributed by atoms with E-state index in [-0.39, 0.29) is 11.7 Å². The molecule has 0 saturated heterocycles. The van der Waals surface area contributed by atoms with Crippen molar-refractivity contribution in [3.05, 3.63) is 59.0 Å². The van der Waals surface area contributed by atoms with Crippen LogP contribution in [-0.2, 0) is 4.79 Å². The van der Waals surface area contributed by atoms with Crippen molar-refractivity contribution in [3.63, 3.8) is 0 Å². The zero-order valence-corrected chi connectivity index (χ0v) is 19.7. The summed E-state index contributed by atoms with van der Waals surface area (Å²) in [4.78, 5) is 17.1. The van der Waals surface area contributed by atoms with E-state index in [1.54, 1.807) is 18.2 Å². The number of carbonyl (C=O) groups is 1. The molecule has 33 heavy (non-hydrogen) atoms. The van der Waals surface area contributed by atoms with Crippen molar-refractivity contribution in [2.75, 3.05) is 19.0 Å². The summed E-state index contributed by atoms with van der Waals surface area (Å²) in [6.07, 6.45) is 1.60. The molecular formula is C25H25N3O4S. The van der Waals surface area contributed by atoms with Crippen molar-refractivity contribution < 1.29 is 19.0 Å². The number of ether oxygens (including phenoxy) is 3. The first-order valence-corrected chi connectivity index (χ1v) is 11.3. The summed E-state index contributed by atoms with van der Waals surface area (Å²) >= 11 is 1.29. The van der Waals surface area contributed by atoms with Crippen LogP contribution in [0.4, 0.5) is 5.13 Å².